The number of hydrogen-bond donors (Lipinski definition) is 1. The van der Waals surface area contributed by atoms with Crippen LogP contribution in [0.15, 0.2) is 35.1 Å². The number of aromatic nitrogens is 4. The van der Waals surface area contributed by atoms with E-state index in [4.69, 9.17) is 0 Å². The molecule has 0 fully saturated rings. The van der Waals surface area contributed by atoms with Crippen LogP contribution in [0.3, 0.4) is 0 Å². The van der Waals surface area contributed by atoms with E-state index < -0.39 is 29.8 Å². The van der Waals surface area contributed by atoms with Crippen LogP contribution in [0, 0.1) is 27.7 Å². The van der Waals surface area contributed by atoms with Crippen molar-refractivity contribution in [3.8, 4) is 5.95 Å². The lowest BCUT2D eigenvalue weighted by atomic mass is 10.1. The molecule has 0 bridgehead atoms. The molecule has 0 atom stereocenters. The maximum atomic E-state index is 13.2. The molecule has 0 aliphatic carbocycles. The highest BCUT2D eigenvalue weighted by molar-refractivity contribution is 5.91. The molecule has 0 aliphatic heterocycles. The highest BCUT2D eigenvalue weighted by atomic mass is 19.4. The van der Waals surface area contributed by atoms with Gasteiger partial charge in [-0.25, -0.2) is 9.67 Å². The molecular formula is C20H20F3N5O2. The Morgan fingerprint density at radius 3 is 2.40 bits per heavy atom. The molecule has 1 amide bonds. The lowest BCUT2D eigenvalue weighted by Crippen LogP contribution is -2.34. The lowest BCUT2D eigenvalue weighted by Gasteiger charge is -2.17. The molecule has 0 radical (unpaired) electrons. The van der Waals surface area contributed by atoms with Crippen LogP contribution in [0.5, 0.6) is 0 Å². The molecule has 158 valence electrons. The van der Waals surface area contributed by atoms with Crippen molar-refractivity contribution >= 4 is 11.6 Å². The second-order valence-electron chi connectivity index (χ2n) is 6.94. The van der Waals surface area contributed by atoms with Gasteiger partial charge in [-0.2, -0.15) is 18.3 Å². The van der Waals surface area contributed by atoms with Gasteiger partial charge >= 0.3 is 6.18 Å². The molecule has 0 unspecified atom stereocenters. The van der Waals surface area contributed by atoms with Gasteiger partial charge in [0, 0.05) is 17.0 Å². The Balaban J connectivity index is 2.02. The van der Waals surface area contributed by atoms with Gasteiger partial charge in [0.05, 0.1) is 16.9 Å². The average molecular weight is 419 g/mol. The minimum absolute atomic E-state index is 0.118. The SMILES string of the molecule is Cc1cc(C)n(-c2nc(C)c(C)c(=O)n2CC(=O)Nc2ccccc2C(F)(F)F)n1. The first kappa shape index (κ1) is 21.3. The van der Waals surface area contributed by atoms with Gasteiger partial charge in [-0.05, 0) is 45.9 Å². The molecule has 3 rings (SSSR count). The van der Waals surface area contributed by atoms with Crippen LogP contribution in [0.1, 0.15) is 28.2 Å². The van der Waals surface area contributed by atoms with Crippen LogP contribution in [0.4, 0.5) is 18.9 Å². The zero-order valence-corrected chi connectivity index (χ0v) is 16.8. The van der Waals surface area contributed by atoms with Crippen LogP contribution in [0.25, 0.3) is 5.95 Å². The van der Waals surface area contributed by atoms with Crippen LogP contribution < -0.4 is 10.9 Å². The molecule has 1 N–H and O–H groups in total. The van der Waals surface area contributed by atoms with Gasteiger partial charge in [0.2, 0.25) is 11.9 Å². The van der Waals surface area contributed by atoms with Crippen molar-refractivity contribution in [1.29, 1.82) is 0 Å². The summed E-state index contributed by atoms with van der Waals surface area (Å²) in [6.07, 6.45) is -4.63. The highest BCUT2D eigenvalue weighted by Gasteiger charge is 2.33. The summed E-state index contributed by atoms with van der Waals surface area (Å²) in [4.78, 5) is 29.8. The number of benzene rings is 1. The lowest BCUT2D eigenvalue weighted by molar-refractivity contribution is -0.137. The largest absolute Gasteiger partial charge is 0.418 e. The molecule has 2 heterocycles. The van der Waals surface area contributed by atoms with Crippen molar-refractivity contribution in [3.63, 3.8) is 0 Å². The second kappa shape index (κ2) is 7.77. The summed E-state index contributed by atoms with van der Waals surface area (Å²) in [5.74, 6) is -0.672. The Hall–Kier alpha value is -3.43. The topological polar surface area (TPSA) is 81.8 Å². The number of nitrogens with zero attached hydrogens (tertiary/aromatic N) is 4. The van der Waals surface area contributed by atoms with Crippen molar-refractivity contribution < 1.29 is 18.0 Å². The Morgan fingerprint density at radius 1 is 1.13 bits per heavy atom. The predicted octanol–water partition coefficient (Wildman–Crippen LogP) is 3.32. The smallest absolute Gasteiger partial charge is 0.324 e. The van der Waals surface area contributed by atoms with E-state index in [1.807, 2.05) is 0 Å². The molecule has 0 saturated carbocycles. The van der Waals surface area contributed by atoms with Crippen LogP contribution in [-0.4, -0.2) is 25.2 Å². The van der Waals surface area contributed by atoms with Crippen LogP contribution >= 0.6 is 0 Å². The van der Waals surface area contributed by atoms with E-state index in [2.05, 4.69) is 15.4 Å². The highest BCUT2D eigenvalue weighted by Crippen LogP contribution is 2.34. The third kappa shape index (κ3) is 4.12. The third-order valence-corrected chi connectivity index (χ3v) is 4.63. The van der Waals surface area contributed by atoms with Crippen LogP contribution in [-0.2, 0) is 17.5 Å². The molecule has 2 aromatic heterocycles. The van der Waals surface area contributed by atoms with E-state index in [1.165, 1.54) is 16.8 Å². The predicted molar refractivity (Wildman–Crippen MR) is 105 cm³/mol. The minimum Gasteiger partial charge on any atom is -0.324 e. The normalized spacial score (nSPS) is 11.6. The summed E-state index contributed by atoms with van der Waals surface area (Å²) in [5, 5.41) is 6.55. The van der Waals surface area contributed by atoms with E-state index in [-0.39, 0.29) is 11.6 Å². The summed E-state index contributed by atoms with van der Waals surface area (Å²) in [6.45, 7) is 6.25. The number of anilines is 1. The number of aryl methyl sites for hydroxylation is 3. The van der Waals surface area contributed by atoms with Gasteiger partial charge < -0.3 is 5.32 Å². The summed E-state index contributed by atoms with van der Waals surface area (Å²) < 4.78 is 42.1. The van der Waals surface area contributed by atoms with Gasteiger partial charge in [0.1, 0.15) is 6.54 Å². The average Bonchev–Trinajstić information content (AvgIpc) is 2.99. The number of rotatable bonds is 4. The summed E-state index contributed by atoms with van der Waals surface area (Å²) in [5.41, 5.74) is 0.374. The molecule has 30 heavy (non-hydrogen) atoms. The Labute approximate surface area is 170 Å². The third-order valence-electron chi connectivity index (χ3n) is 4.63. The first-order chi connectivity index (χ1) is 14.0. The number of carbonyl (C=O) groups is 1. The van der Waals surface area contributed by atoms with Gasteiger partial charge in [0.15, 0.2) is 0 Å². The van der Waals surface area contributed by atoms with Gasteiger partial charge in [-0.3, -0.25) is 14.2 Å². The Bertz CT molecular complexity index is 1180. The summed E-state index contributed by atoms with van der Waals surface area (Å²) >= 11 is 0. The fourth-order valence-corrected chi connectivity index (χ4v) is 3.05. The summed E-state index contributed by atoms with van der Waals surface area (Å²) in [7, 11) is 0. The van der Waals surface area contributed by atoms with Gasteiger partial charge in [-0.1, -0.05) is 12.1 Å². The molecule has 0 aliphatic rings. The monoisotopic (exact) mass is 419 g/mol. The van der Waals surface area contributed by atoms with E-state index in [1.54, 1.807) is 33.8 Å². The maximum Gasteiger partial charge on any atom is 0.418 e. The number of para-hydroxylation sites is 1. The molecule has 3 aromatic rings. The fourth-order valence-electron chi connectivity index (χ4n) is 3.05. The van der Waals surface area contributed by atoms with E-state index in [0.29, 0.717) is 22.6 Å². The van der Waals surface area contributed by atoms with Gasteiger partial charge in [-0.15, -0.1) is 0 Å². The van der Waals surface area contributed by atoms with Crippen molar-refractivity contribution in [1.82, 2.24) is 19.3 Å². The minimum atomic E-state index is -4.63. The number of alkyl halides is 3. The second-order valence-corrected chi connectivity index (χ2v) is 6.94. The number of nitrogens with one attached hydrogen (secondary N) is 1. The van der Waals surface area contributed by atoms with E-state index in [0.717, 1.165) is 16.7 Å². The van der Waals surface area contributed by atoms with E-state index >= 15 is 0 Å². The van der Waals surface area contributed by atoms with Crippen molar-refractivity contribution in [2.24, 2.45) is 0 Å². The molecular weight excluding hydrogens is 399 g/mol. The van der Waals surface area contributed by atoms with E-state index in [9.17, 15) is 22.8 Å². The molecule has 10 heteroatoms. The zero-order chi connectivity index (χ0) is 22.2. The molecule has 7 nitrogen and oxygen atoms in total. The summed E-state index contributed by atoms with van der Waals surface area (Å²) in [6, 6.07) is 6.43. The Kier molecular flexibility index (Phi) is 5.51. The van der Waals surface area contributed by atoms with Crippen molar-refractivity contribution in [2.45, 2.75) is 40.4 Å². The molecule has 1 aromatic carbocycles. The van der Waals surface area contributed by atoms with Gasteiger partial charge in [0.25, 0.3) is 5.56 Å². The Morgan fingerprint density at radius 2 is 1.80 bits per heavy atom. The molecule has 0 spiro atoms. The fraction of sp³-hybridized carbons (Fsp3) is 0.300. The van der Waals surface area contributed by atoms with Crippen LogP contribution in [0.2, 0.25) is 0 Å². The first-order valence-corrected chi connectivity index (χ1v) is 9.06. The maximum absolute atomic E-state index is 13.2. The number of hydrogen-bond acceptors (Lipinski definition) is 4. The van der Waals surface area contributed by atoms with Crippen molar-refractivity contribution in [2.75, 3.05) is 5.32 Å². The van der Waals surface area contributed by atoms with Crippen molar-refractivity contribution in [3.05, 3.63) is 68.9 Å². The molecule has 0 saturated heterocycles. The number of amides is 1. The first-order valence-electron chi connectivity index (χ1n) is 9.06. The zero-order valence-electron chi connectivity index (χ0n) is 16.8. The quantitative estimate of drug-likeness (QED) is 0.704. The number of carbonyl (C=O) groups excluding carboxylic acids is 1. The number of halogens is 3. The standard InChI is InChI=1S/C20H20F3N5O2/c1-11-9-12(2)28(26-11)19-24-14(4)13(3)18(30)27(19)10-17(29)25-16-8-6-5-7-15(16)20(21,22)23/h5-9H,10H2,1-4H3,(H,25,29).